The van der Waals surface area contributed by atoms with E-state index < -0.39 is 0 Å². The van der Waals surface area contributed by atoms with Crippen molar-refractivity contribution >= 4 is 5.91 Å². The van der Waals surface area contributed by atoms with Gasteiger partial charge in [-0.3, -0.25) is 4.79 Å². The fourth-order valence-corrected chi connectivity index (χ4v) is 3.88. The molecule has 6 heteroatoms. The van der Waals surface area contributed by atoms with E-state index in [1.165, 1.54) is 11.1 Å². The van der Waals surface area contributed by atoms with Crippen molar-refractivity contribution in [3.8, 4) is 0 Å². The Hall–Kier alpha value is -3.02. The van der Waals surface area contributed by atoms with Gasteiger partial charge in [-0.15, -0.1) is 5.10 Å². The fourth-order valence-electron chi connectivity index (χ4n) is 3.88. The summed E-state index contributed by atoms with van der Waals surface area (Å²) >= 11 is 0. The van der Waals surface area contributed by atoms with Crippen molar-refractivity contribution in [2.45, 2.75) is 44.7 Å². The first kappa shape index (κ1) is 18.3. The molecule has 0 saturated carbocycles. The van der Waals surface area contributed by atoms with Crippen LogP contribution in [0.4, 0.5) is 0 Å². The highest BCUT2D eigenvalue weighted by molar-refractivity contribution is 5.76. The number of aromatic nitrogens is 4. The summed E-state index contributed by atoms with van der Waals surface area (Å²) in [5.74, 6) is 0.986. The molecule has 2 aromatic carbocycles. The Morgan fingerprint density at radius 1 is 0.929 bits per heavy atom. The Balaban J connectivity index is 1.49. The lowest BCUT2D eigenvalue weighted by molar-refractivity contribution is -0.133. The van der Waals surface area contributed by atoms with Gasteiger partial charge in [0, 0.05) is 13.0 Å². The van der Waals surface area contributed by atoms with Crippen LogP contribution in [0.2, 0.25) is 0 Å². The molecule has 1 unspecified atom stereocenters. The van der Waals surface area contributed by atoms with Crippen LogP contribution >= 0.6 is 0 Å². The summed E-state index contributed by atoms with van der Waals surface area (Å²) in [6.45, 7) is 1.28. The summed E-state index contributed by atoms with van der Waals surface area (Å²) in [6, 6.07) is 20.7. The summed E-state index contributed by atoms with van der Waals surface area (Å²) in [5, 5.41) is 12.2. The van der Waals surface area contributed by atoms with E-state index in [0.29, 0.717) is 13.0 Å². The maximum absolute atomic E-state index is 12.9. The summed E-state index contributed by atoms with van der Waals surface area (Å²) in [5.41, 5.74) is 2.57. The summed E-state index contributed by atoms with van der Waals surface area (Å²) in [7, 11) is 0. The number of tetrazole rings is 1. The van der Waals surface area contributed by atoms with Gasteiger partial charge in [0.2, 0.25) is 5.91 Å². The summed E-state index contributed by atoms with van der Waals surface area (Å²) in [4.78, 5) is 14.9. The van der Waals surface area contributed by atoms with E-state index in [1.807, 2.05) is 17.0 Å². The molecule has 0 aliphatic carbocycles. The predicted molar refractivity (Wildman–Crippen MR) is 106 cm³/mol. The second-order valence-electron chi connectivity index (χ2n) is 7.23. The largest absolute Gasteiger partial charge is 0.332 e. The number of carbonyl (C=O) groups is 1. The highest BCUT2D eigenvalue weighted by Crippen LogP contribution is 2.28. The van der Waals surface area contributed by atoms with E-state index in [0.717, 1.165) is 38.1 Å². The number of hydrogen-bond donors (Lipinski definition) is 0. The quantitative estimate of drug-likeness (QED) is 0.636. The minimum Gasteiger partial charge on any atom is -0.332 e. The molecule has 1 aliphatic heterocycles. The molecule has 6 nitrogen and oxygen atoms in total. The van der Waals surface area contributed by atoms with Crippen LogP contribution in [-0.4, -0.2) is 37.6 Å². The fraction of sp³-hybridized carbons (Fsp3) is 0.364. The number of nitrogens with zero attached hydrogens (tertiary/aromatic N) is 5. The third kappa shape index (κ3) is 4.27. The molecule has 4 rings (SSSR count). The molecule has 28 heavy (non-hydrogen) atoms. The number of hydrogen-bond acceptors (Lipinski definition) is 4. The van der Waals surface area contributed by atoms with Crippen LogP contribution in [0.15, 0.2) is 60.7 Å². The Morgan fingerprint density at radius 2 is 1.61 bits per heavy atom. The molecular formula is C22H25N5O. The van der Waals surface area contributed by atoms with Crippen molar-refractivity contribution in [3.63, 3.8) is 0 Å². The number of amides is 1. The predicted octanol–water partition coefficient (Wildman–Crippen LogP) is 3.21. The first-order chi connectivity index (χ1) is 13.8. The third-order valence-electron chi connectivity index (χ3n) is 5.35. The van der Waals surface area contributed by atoms with Gasteiger partial charge in [-0.2, -0.15) is 0 Å². The molecule has 1 amide bonds. The number of fused-ring (bicyclic) bond motifs is 1. The molecule has 0 N–H and O–H groups in total. The average molecular weight is 375 g/mol. The molecule has 1 aromatic heterocycles. The molecule has 0 spiro atoms. The number of benzene rings is 2. The molecule has 2 heterocycles. The lowest BCUT2D eigenvalue weighted by atomic mass is 10.0. The number of aryl methyl sites for hydroxylation is 3. The van der Waals surface area contributed by atoms with Crippen molar-refractivity contribution < 1.29 is 4.79 Å². The second kappa shape index (κ2) is 8.78. The van der Waals surface area contributed by atoms with Crippen LogP contribution < -0.4 is 0 Å². The van der Waals surface area contributed by atoms with Gasteiger partial charge in [0.25, 0.3) is 0 Å². The molecule has 1 atom stereocenters. The van der Waals surface area contributed by atoms with Gasteiger partial charge in [-0.05, 0) is 47.2 Å². The van der Waals surface area contributed by atoms with Crippen molar-refractivity contribution in [2.24, 2.45) is 0 Å². The monoisotopic (exact) mass is 375 g/mol. The summed E-state index contributed by atoms with van der Waals surface area (Å²) < 4.78 is 1.80. The first-order valence-electron chi connectivity index (χ1n) is 9.94. The van der Waals surface area contributed by atoms with Crippen LogP contribution in [0, 0.1) is 0 Å². The van der Waals surface area contributed by atoms with Gasteiger partial charge in [-0.25, -0.2) is 4.68 Å². The van der Waals surface area contributed by atoms with Crippen LogP contribution in [0.1, 0.15) is 42.3 Å². The molecule has 1 aliphatic rings. The SMILES string of the molecule is O=C1CCn2nnnc2C(CCc2ccccc2)N1CCCc1ccccc1. The zero-order chi connectivity index (χ0) is 19.2. The smallest absolute Gasteiger partial charge is 0.225 e. The van der Waals surface area contributed by atoms with E-state index in [4.69, 9.17) is 0 Å². The Morgan fingerprint density at radius 3 is 2.32 bits per heavy atom. The molecule has 0 saturated heterocycles. The lowest BCUT2D eigenvalue weighted by Crippen LogP contribution is -2.35. The zero-order valence-corrected chi connectivity index (χ0v) is 15.9. The van der Waals surface area contributed by atoms with Crippen LogP contribution in [0.25, 0.3) is 0 Å². The van der Waals surface area contributed by atoms with Crippen molar-refractivity contribution in [3.05, 3.63) is 77.6 Å². The molecular weight excluding hydrogens is 350 g/mol. The van der Waals surface area contributed by atoms with Crippen LogP contribution in [0.5, 0.6) is 0 Å². The Labute approximate surface area is 165 Å². The summed E-state index contributed by atoms with van der Waals surface area (Å²) in [6.07, 6.45) is 4.05. The highest BCUT2D eigenvalue weighted by atomic mass is 16.2. The van der Waals surface area contributed by atoms with Gasteiger partial charge >= 0.3 is 0 Å². The van der Waals surface area contributed by atoms with E-state index in [9.17, 15) is 4.79 Å². The average Bonchev–Trinajstić information content (AvgIpc) is 3.16. The van der Waals surface area contributed by atoms with Gasteiger partial charge in [0.1, 0.15) is 0 Å². The third-order valence-corrected chi connectivity index (χ3v) is 5.35. The Kier molecular flexibility index (Phi) is 5.75. The zero-order valence-electron chi connectivity index (χ0n) is 15.9. The molecule has 0 radical (unpaired) electrons. The van der Waals surface area contributed by atoms with Gasteiger partial charge in [-0.1, -0.05) is 60.7 Å². The van der Waals surface area contributed by atoms with Crippen molar-refractivity contribution in [2.75, 3.05) is 6.54 Å². The molecule has 3 aromatic rings. The van der Waals surface area contributed by atoms with Crippen LogP contribution in [0.3, 0.4) is 0 Å². The van der Waals surface area contributed by atoms with Gasteiger partial charge in [0.05, 0.1) is 12.6 Å². The van der Waals surface area contributed by atoms with E-state index in [1.54, 1.807) is 4.68 Å². The second-order valence-corrected chi connectivity index (χ2v) is 7.23. The molecule has 0 bridgehead atoms. The number of carbonyl (C=O) groups excluding carboxylic acids is 1. The normalized spacial score (nSPS) is 16.6. The lowest BCUT2D eigenvalue weighted by Gasteiger charge is -2.29. The Bertz CT molecular complexity index is 894. The van der Waals surface area contributed by atoms with Crippen LogP contribution in [-0.2, 0) is 24.2 Å². The standard InChI is InChI=1S/C22H25N5O/c28-21-15-17-27-22(23-24-25-27)20(14-13-19-10-5-2-6-11-19)26(21)16-7-12-18-8-3-1-4-9-18/h1-6,8-11,20H,7,12-17H2. The van der Waals surface area contributed by atoms with E-state index in [-0.39, 0.29) is 11.9 Å². The minimum atomic E-state index is -0.0824. The topological polar surface area (TPSA) is 63.9 Å². The van der Waals surface area contributed by atoms with Gasteiger partial charge < -0.3 is 4.90 Å². The maximum atomic E-state index is 12.9. The first-order valence-corrected chi connectivity index (χ1v) is 9.94. The van der Waals surface area contributed by atoms with E-state index in [2.05, 4.69) is 64.1 Å². The maximum Gasteiger partial charge on any atom is 0.225 e. The molecule has 0 fully saturated rings. The number of rotatable bonds is 7. The van der Waals surface area contributed by atoms with Gasteiger partial charge in [0.15, 0.2) is 5.82 Å². The van der Waals surface area contributed by atoms with Crippen molar-refractivity contribution in [1.29, 1.82) is 0 Å². The molecule has 144 valence electrons. The minimum absolute atomic E-state index is 0.0824. The van der Waals surface area contributed by atoms with Crippen molar-refractivity contribution in [1.82, 2.24) is 25.1 Å². The highest BCUT2D eigenvalue weighted by Gasteiger charge is 2.32. The van der Waals surface area contributed by atoms with E-state index >= 15 is 0 Å².